The largest absolute Gasteiger partial charge is 0.497 e. The molecule has 1 fully saturated rings. The van der Waals surface area contributed by atoms with Crippen molar-refractivity contribution < 1.29 is 19.1 Å². The van der Waals surface area contributed by atoms with Gasteiger partial charge >= 0.3 is 6.09 Å². The van der Waals surface area contributed by atoms with E-state index in [0.717, 1.165) is 24.2 Å². The van der Waals surface area contributed by atoms with Crippen molar-refractivity contribution in [1.82, 2.24) is 9.80 Å². The van der Waals surface area contributed by atoms with Gasteiger partial charge in [-0.25, -0.2) is 4.79 Å². The summed E-state index contributed by atoms with van der Waals surface area (Å²) in [4.78, 5) is 28.2. The van der Waals surface area contributed by atoms with Crippen LogP contribution in [0.5, 0.6) is 5.75 Å². The summed E-state index contributed by atoms with van der Waals surface area (Å²) >= 11 is 0. The fraction of sp³-hybridized carbons (Fsp3) is 0.579. The van der Waals surface area contributed by atoms with Gasteiger partial charge in [0.1, 0.15) is 5.75 Å². The van der Waals surface area contributed by atoms with Gasteiger partial charge < -0.3 is 19.3 Å². The van der Waals surface area contributed by atoms with Crippen molar-refractivity contribution in [2.75, 3.05) is 33.9 Å². The molecular formula is C19H28N2O4. The number of amides is 2. The molecule has 0 N–H and O–H groups in total. The van der Waals surface area contributed by atoms with Crippen LogP contribution in [0.3, 0.4) is 0 Å². The molecule has 2 rings (SSSR count). The number of carbonyl (C=O) groups is 2. The van der Waals surface area contributed by atoms with Crippen LogP contribution in [0.25, 0.3) is 0 Å². The van der Waals surface area contributed by atoms with Crippen molar-refractivity contribution in [3.8, 4) is 5.75 Å². The highest BCUT2D eigenvalue weighted by Crippen LogP contribution is 2.26. The smallest absolute Gasteiger partial charge is 0.409 e. The van der Waals surface area contributed by atoms with Crippen LogP contribution < -0.4 is 4.74 Å². The Kier molecular flexibility index (Phi) is 6.67. The van der Waals surface area contributed by atoms with Gasteiger partial charge in [-0.1, -0.05) is 12.1 Å². The van der Waals surface area contributed by atoms with E-state index in [1.807, 2.05) is 38.2 Å². The van der Waals surface area contributed by atoms with Crippen LogP contribution in [0.4, 0.5) is 4.79 Å². The Bertz CT molecular complexity index is 588. The van der Waals surface area contributed by atoms with E-state index in [2.05, 4.69) is 0 Å². The molecule has 0 bridgehead atoms. The predicted molar refractivity (Wildman–Crippen MR) is 95.5 cm³/mol. The average molecular weight is 348 g/mol. The van der Waals surface area contributed by atoms with Crippen LogP contribution >= 0.6 is 0 Å². The van der Waals surface area contributed by atoms with Gasteiger partial charge in [0.05, 0.1) is 25.7 Å². The Morgan fingerprint density at radius 2 is 2.00 bits per heavy atom. The van der Waals surface area contributed by atoms with Gasteiger partial charge in [-0.05, 0) is 44.4 Å². The Morgan fingerprint density at radius 3 is 2.60 bits per heavy atom. The molecule has 1 aliphatic heterocycles. The summed E-state index contributed by atoms with van der Waals surface area (Å²) in [6.45, 7) is 5.22. The van der Waals surface area contributed by atoms with E-state index in [1.54, 1.807) is 23.8 Å². The minimum Gasteiger partial charge on any atom is -0.497 e. The summed E-state index contributed by atoms with van der Waals surface area (Å²) < 4.78 is 10.2. The zero-order valence-corrected chi connectivity index (χ0v) is 15.5. The molecule has 2 atom stereocenters. The monoisotopic (exact) mass is 348 g/mol. The molecule has 25 heavy (non-hydrogen) atoms. The zero-order valence-electron chi connectivity index (χ0n) is 15.5. The number of carbonyl (C=O) groups excluding carboxylic acids is 2. The molecule has 1 aromatic carbocycles. The molecule has 1 aliphatic rings. The molecular weight excluding hydrogens is 320 g/mol. The standard InChI is InChI=1S/C19H28N2O4/c1-5-25-19(23)21-12-6-7-16(13-21)18(22)20(3)14(2)15-8-10-17(24-4)11-9-15/h8-11,14,16H,5-7,12-13H2,1-4H3. The van der Waals surface area contributed by atoms with E-state index in [4.69, 9.17) is 9.47 Å². The van der Waals surface area contributed by atoms with Crippen LogP contribution in [-0.4, -0.2) is 55.7 Å². The maximum atomic E-state index is 12.9. The highest BCUT2D eigenvalue weighted by molar-refractivity contribution is 5.80. The number of nitrogens with zero attached hydrogens (tertiary/aromatic N) is 2. The topological polar surface area (TPSA) is 59.1 Å². The summed E-state index contributed by atoms with van der Waals surface area (Å²) in [5.74, 6) is 0.684. The summed E-state index contributed by atoms with van der Waals surface area (Å²) in [7, 11) is 3.45. The van der Waals surface area contributed by atoms with E-state index in [0.29, 0.717) is 19.7 Å². The van der Waals surface area contributed by atoms with Crippen molar-refractivity contribution in [3.05, 3.63) is 29.8 Å². The number of ether oxygens (including phenoxy) is 2. The fourth-order valence-corrected chi connectivity index (χ4v) is 3.14. The van der Waals surface area contributed by atoms with Crippen LogP contribution in [0, 0.1) is 5.92 Å². The van der Waals surface area contributed by atoms with Crippen LogP contribution in [0.2, 0.25) is 0 Å². The summed E-state index contributed by atoms with van der Waals surface area (Å²) in [6.07, 6.45) is 1.29. The van der Waals surface area contributed by atoms with Gasteiger partial charge in [-0.2, -0.15) is 0 Å². The van der Waals surface area contributed by atoms with E-state index in [9.17, 15) is 9.59 Å². The Labute approximate surface area is 149 Å². The molecule has 6 heteroatoms. The van der Waals surface area contributed by atoms with Gasteiger partial charge in [0.25, 0.3) is 0 Å². The second-order valence-electron chi connectivity index (χ2n) is 6.38. The van der Waals surface area contributed by atoms with Crippen molar-refractivity contribution in [2.45, 2.75) is 32.7 Å². The van der Waals surface area contributed by atoms with Crippen LogP contribution in [-0.2, 0) is 9.53 Å². The average Bonchev–Trinajstić information content (AvgIpc) is 2.66. The molecule has 1 saturated heterocycles. The molecule has 2 unspecified atom stereocenters. The van der Waals surface area contributed by atoms with Gasteiger partial charge in [-0.15, -0.1) is 0 Å². The third-order valence-electron chi connectivity index (χ3n) is 4.82. The second-order valence-corrected chi connectivity index (χ2v) is 6.38. The normalized spacial score (nSPS) is 18.4. The number of methoxy groups -OCH3 is 1. The molecule has 6 nitrogen and oxygen atoms in total. The van der Waals surface area contributed by atoms with Crippen LogP contribution in [0.15, 0.2) is 24.3 Å². The first-order chi connectivity index (χ1) is 12.0. The molecule has 0 saturated carbocycles. The highest BCUT2D eigenvalue weighted by Gasteiger charge is 2.32. The minimum atomic E-state index is -0.328. The number of benzene rings is 1. The number of rotatable bonds is 5. The second kappa shape index (κ2) is 8.74. The summed E-state index contributed by atoms with van der Waals surface area (Å²) in [5.41, 5.74) is 1.05. The molecule has 0 aliphatic carbocycles. The maximum Gasteiger partial charge on any atom is 0.409 e. The SMILES string of the molecule is CCOC(=O)N1CCCC(C(=O)N(C)C(C)c2ccc(OC)cc2)C1. The third kappa shape index (κ3) is 4.65. The van der Waals surface area contributed by atoms with Gasteiger partial charge in [0, 0.05) is 20.1 Å². The molecule has 0 radical (unpaired) electrons. The predicted octanol–water partition coefficient (Wildman–Crippen LogP) is 3.08. The number of likely N-dealkylation sites (tertiary alicyclic amines) is 1. The van der Waals surface area contributed by atoms with E-state index in [1.165, 1.54) is 0 Å². The first-order valence-electron chi connectivity index (χ1n) is 8.80. The Hall–Kier alpha value is -2.24. The number of hydrogen-bond acceptors (Lipinski definition) is 4. The van der Waals surface area contributed by atoms with E-state index >= 15 is 0 Å². The quantitative estimate of drug-likeness (QED) is 0.820. The molecule has 0 aromatic heterocycles. The minimum absolute atomic E-state index is 0.0450. The number of piperidine rings is 1. The molecule has 138 valence electrons. The first kappa shape index (κ1) is 19.1. The molecule has 1 heterocycles. The molecule has 1 aromatic rings. The van der Waals surface area contributed by atoms with Crippen LogP contribution in [0.1, 0.15) is 38.3 Å². The lowest BCUT2D eigenvalue weighted by atomic mass is 9.95. The van der Waals surface area contributed by atoms with Gasteiger partial charge in [0.2, 0.25) is 5.91 Å². The Balaban J connectivity index is 2.01. The fourth-order valence-electron chi connectivity index (χ4n) is 3.14. The summed E-state index contributed by atoms with van der Waals surface area (Å²) in [6, 6.07) is 7.69. The van der Waals surface area contributed by atoms with Gasteiger partial charge in [-0.3, -0.25) is 4.79 Å². The zero-order chi connectivity index (χ0) is 18.4. The lowest BCUT2D eigenvalue weighted by Gasteiger charge is -2.35. The van der Waals surface area contributed by atoms with E-state index < -0.39 is 0 Å². The lowest BCUT2D eigenvalue weighted by molar-refractivity contribution is -0.137. The third-order valence-corrected chi connectivity index (χ3v) is 4.82. The first-order valence-corrected chi connectivity index (χ1v) is 8.80. The highest BCUT2D eigenvalue weighted by atomic mass is 16.6. The van der Waals surface area contributed by atoms with Crippen molar-refractivity contribution >= 4 is 12.0 Å². The Morgan fingerprint density at radius 1 is 1.32 bits per heavy atom. The van der Waals surface area contributed by atoms with Crippen molar-refractivity contribution in [2.24, 2.45) is 5.92 Å². The van der Waals surface area contributed by atoms with Crippen molar-refractivity contribution in [3.63, 3.8) is 0 Å². The molecule has 0 spiro atoms. The molecule has 2 amide bonds. The van der Waals surface area contributed by atoms with Gasteiger partial charge in [0.15, 0.2) is 0 Å². The lowest BCUT2D eigenvalue weighted by Crippen LogP contribution is -2.46. The number of hydrogen-bond donors (Lipinski definition) is 0. The maximum absolute atomic E-state index is 12.9. The van der Waals surface area contributed by atoms with E-state index in [-0.39, 0.29) is 24.0 Å². The summed E-state index contributed by atoms with van der Waals surface area (Å²) in [5, 5.41) is 0. The van der Waals surface area contributed by atoms with Crippen molar-refractivity contribution in [1.29, 1.82) is 0 Å².